The molecule has 1 heteroatoms. The quantitative estimate of drug-likeness (QED) is 0.673. The first-order valence-electron chi connectivity index (χ1n) is 5.41. The zero-order chi connectivity index (χ0) is 11.9. The van der Waals surface area contributed by atoms with Crippen LogP contribution < -0.4 is 0 Å². The van der Waals surface area contributed by atoms with Crippen LogP contribution in [0.1, 0.15) is 16.7 Å². The highest BCUT2D eigenvalue weighted by molar-refractivity contribution is 5.40. The van der Waals surface area contributed by atoms with Crippen molar-refractivity contribution in [2.75, 3.05) is 0 Å². The maximum atomic E-state index is 8.67. The van der Waals surface area contributed by atoms with Gasteiger partial charge >= 0.3 is 0 Å². The lowest BCUT2D eigenvalue weighted by atomic mass is 10.1. The van der Waals surface area contributed by atoms with Gasteiger partial charge < -0.3 is 0 Å². The molecule has 0 unspecified atom stereocenters. The predicted octanol–water partition coefficient (Wildman–Crippen LogP) is 3.15. The van der Waals surface area contributed by atoms with Crippen LogP contribution in [-0.2, 0) is 6.42 Å². The number of hydrogen-bond donors (Lipinski definition) is 0. The van der Waals surface area contributed by atoms with E-state index in [4.69, 9.17) is 5.26 Å². The van der Waals surface area contributed by atoms with Gasteiger partial charge in [0.05, 0.1) is 11.6 Å². The molecule has 0 aromatic heterocycles. The van der Waals surface area contributed by atoms with Gasteiger partial charge in [-0.15, -0.1) is 0 Å². The highest BCUT2D eigenvalue weighted by Crippen LogP contribution is 2.02. The monoisotopic (exact) mass is 217 g/mol. The summed E-state index contributed by atoms with van der Waals surface area (Å²) >= 11 is 0. The largest absolute Gasteiger partial charge is 0.192 e. The Morgan fingerprint density at radius 3 is 2.12 bits per heavy atom. The van der Waals surface area contributed by atoms with Gasteiger partial charge in [-0.1, -0.05) is 42.2 Å². The number of rotatable bonds is 1. The van der Waals surface area contributed by atoms with E-state index in [1.807, 2.05) is 30.3 Å². The van der Waals surface area contributed by atoms with E-state index in [1.165, 1.54) is 5.56 Å². The molecule has 0 saturated heterocycles. The Balaban J connectivity index is 2.04. The van der Waals surface area contributed by atoms with Gasteiger partial charge in [0.25, 0.3) is 0 Å². The highest BCUT2D eigenvalue weighted by Gasteiger charge is 1.89. The summed E-state index contributed by atoms with van der Waals surface area (Å²) in [6, 6.07) is 19.5. The van der Waals surface area contributed by atoms with E-state index in [0.717, 1.165) is 12.0 Å². The van der Waals surface area contributed by atoms with Gasteiger partial charge in [-0.2, -0.15) is 5.26 Å². The van der Waals surface area contributed by atoms with Gasteiger partial charge in [0, 0.05) is 12.0 Å². The smallest absolute Gasteiger partial charge is 0.0991 e. The Morgan fingerprint density at radius 2 is 1.47 bits per heavy atom. The van der Waals surface area contributed by atoms with Gasteiger partial charge in [0.15, 0.2) is 0 Å². The summed E-state index contributed by atoms with van der Waals surface area (Å²) in [5.74, 6) is 6.21. The molecule has 2 aromatic rings. The molecule has 0 bridgehead atoms. The highest BCUT2D eigenvalue weighted by atomic mass is 14.2. The first-order valence-corrected chi connectivity index (χ1v) is 5.41. The van der Waals surface area contributed by atoms with Crippen LogP contribution in [-0.4, -0.2) is 0 Å². The van der Waals surface area contributed by atoms with Crippen LogP contribution in [0.4, 0.5) is 0 Å². The summed E-state index contributed by atoms with van der Waals surface area (Å²) < 4.78 is 0. The molecule has 0 spiro atoms. The molecular formula is C16H11N. The van der Waals surface area contributed by atoms with E-state index in [-0.39, 0.29) is 0 Å². The zero-order valence-electron chi connectivity index (χ0n) is 9.35. The predicted molar refractivity (Wildman–Crippen MR) is 68.2 cm³/mol. The fourth-order valence-corrected chi connectivity index (χ4v) is 1.47. The van der Waals surface area contributed by atoms with Crippen molar-refractivity contribution >= 4 is 0 Å². The molecule has 2 rings (SSSR count). The molecule has 0 aliphatic heterocycles. The number of benzene rings is 2. The topological polar surface area (TPSA) is 23.8 Å². The molecule has 0 heterocycles. The van der Waals surface area contributed by atoms with Gasteiger partial charge in [-0.25, -0.2) is 0 Å². The lowest BCUT2D eigenvalue weighted by Gasteiger charge is -1.92. The third-order valence-electron chi connectivity index (χ3n) is 2.38. The van der Waals surface area contributed by atoms with Crippen LogP contribution in [0.5, 0.6) is 0 Å². The van der Waals surface area contributed by atoms with Gasteiger partial charge in [-0.3, -0.25) is 0 Å². The van der Waals surface area contributed by atoms with E-state index in [9.17, 15) is 0 Å². The van der Waals surface area contributed by atoms with Crippen LogP contribution in [0.15, 0.2) is 54.6 Å². The molecule has 0 saturated carbocycles. The van der Waals surface area contributed by atoms with Crippen molar-refractivity contribution in [3.63, 3.8) is 0 Å². The van der Waals surface area contributed by atoms with Crippen LogP contribution in [0.25, 0.3) is 0 Å². The molecule has 0 N–H and O–H groups in total. The second-order valence-corrected chi connectivity index (χ2v) is 3.65. The van der Waals surface area contributed by atoms with Crippen molar-refractivity contribution < 1.29 is 0 Å². The summed E-state index contributed by atoms with van der Waals surface area (Å²) in [5, 5.41) is 8.67. The van der Waals surface area contributed by atoms with Crippen molar-refractivity contribution in [1.82, 2.24) is 0 Å². The molecule has 1 nitrogen and oxygen atoms in total. The van der Waals surface area contributed by atoms with Crippen molar-refractivity contribution in [2.45, 2.75) is 6.42 Å². The molecule has 0 radical (unpaired) electrons. The molecule has 0 aliphatic rings. The first-order chi connectivity index (χ1) is 8.38. The lowest BCUT2D eigenvalue weighted by molar-refractivity contribution is 1.32. The van der Waals surface area contributed by atoms with E-state index in [1.54, 1.807) is 12.1 Å². The van der Waals surface area contributed by atoms with E-state index >= 15 is 0 Å². The van der Waals surface area contributed by atoms with Crippen molar-refractivity contribution in [3.05, 3.63) is 71.3 Å². The molecule has 0 fully saturated rings. The number of hydrogen-bond acceptors (Lipinski definition) is 1. The van der Waals surface area contributed by atoms with Gasteiger partial charge in [-0.05, 0) is 29.8 Å². The molecule has 0 amide bonds. The number of nitrogens with zero attached hydrogens (tertiary/aromatic N) is 1. The summed E-state index contributed by atoms with van der Waals surface area (Å²) in [5.41, 5.74) is 2.83. The third-order valence-corrected chi connectivity index (χ3v) is 2.38. The minimum absolute atomic E-state index is 0.665. The van der Waals surface area contributed by atoms with Gasteiger partial charge in [0.2, 0.25) is 0 Å². The van der Waals surface area contributed by atoms with E-state index < -0.39 is 0 Å². The number of nitriles is 1. The average molecular weight is 217 g/mol. The first kappa shape index (κ1) is 11.0. The van der Waals surface area contributed by atoms with E-state index in [2.05, 4.69) is 30.0 Å². The Morgan fingerprint density at radius 1 is 0.824 bits per heavy atom. The van der Waals surface area contributed by atoms with Crippen molar-refractivity contribution in [3.8, 4) is 17.9 Å². The van der Waals surface area contributed by atoms with E-state index in [0.29, 0.717) is 5.56 Å². The second kappa shape index (κ2) is 5.54. The van der Waals surface area contributed by atoms with Crippen molar-refractivity contribution in [1.29, 1.82) is 5.26 Å². The Hall–Kier alpha value is -2.51. The minimum atomic E-state index is 0.665. The normalized spacial score (nSPS) is 8.88. The molecule has 0 atom stereocenters. The Bertz CT molecular complexity index is 577. The van der Waals surface area contributed by atoms with Gasteiger partial charge in [0.1, 0.15) is 0 Å². The summed E-state index contributed by atoms with van der Waals surface area (Å²) in [4.78, 5) is 0. The maximum absolute atomic E-state index is 8.67. The zero-order valence-corrected chi connectivity index (χ0v) is 9.35. The Labute approximate surface area is 101 Å². The molecular weight excluding hydrogens is 206 g/mol. The second-order valence-electron chi connectivity index (χ2n) is 3.65. The van der Waals surface area contributed by atoms with Crippen molar-refractivity contribution in [2.24, 2.45) is 0 Å². The standard InChI is InChI=1S/C16H11N/c17-13-16-11-9-15(10-12-16)8-4-7-14-5-2-1-3-6-14/h1-3,5-6,9-12H,7H2. The summed E-state index contributed by atoms with van der Waals surface area (Å²) in [7, 11) is 0. The molecule has 17 heavy (non-hydrogen) atoms. The average Bonchev–Trinajstić information content (AvgIpc) is 2.41. The van der Waals surface area contributed by atoms with Crippen LogP contribution in [0.2, 0.25) is 0 Å². The lowest BCUT2D eigenvalue weighted by Crippen LogP contribution is -1.80. The molecule has 0 aliphatic carbocycles. The van der Waals surface area contributed by atoms with Crippen LogP contribution in [0, 0.1) is 23.2 Å². The maximum Gasteiger partial charge on any atom is 0.0991 e. The molecule has 2 aromatic carbocycles. The third kappa shape index (κ3) is 3.23. The summed E-state index contributed by atoms with van der Waals surface area (Å²) in [6.45, 7) is 0. The molecule has 80 valence electrons. The van der Waals surface area contributed by atoms with Crippen LogP contribution in [0.3, 0.4) is 0 Å². The SMILES string of the molecule is N#Cc1ccc(C#CCc2ccccc2)cc1. The minimum Gasteiger partial charge on any atom is -0.192 e. The fourth-order valence-electron chi connectivity index (χ4n) is 1.47. The fraction of sp³-hybridized carbons (Fsp3) is 0.0625. The summed E-state index contributed by atoms with van der Waals surface area (Å²) in [6.07, 6.45) is 0.751. The Kier molecular flexibility index (Phi) is 3.58. The van der Waals surface area contributed by atoms with Crippen LogP contribution >= 0.6 is 0 Å².